The summed E-state index contributed by atoms with van der Waals surface area (Å²) in [4.78, 5) is 16.7. The summed E-state index contributed by atoms with van der Waals surface area (Å²) in [6.07, 6.45) is 4.04. The number of nitrogens with one attached hydrogen (secondary N) is 1. The van der Waals surface area contributed by atoms with E-state index < -0.39 is 0 Å². The molecule has 1 amide bonds. The molecule has 0 spiro atoms. The molecule has 6 heteroatoms. The van der Waals surface area contributed by atoms with E-state index in [4.69, 9.17) is 9.47 Å². The molecule has 2 aromatic carbocycles. The highest BCUT2D eigenvalue weighted by molar-refractivity contribution is 7.09. The van der Waals surface area contributed by atoms with E-state index >= 15 is 0 Å². The lowest BCUT2D eigenvalue weighted by atomic mass is 10.2. The lowest BCUT2D eigenvalue weighted by molar-refractivity contribution is -0.116. The Morgan fingerprint density at radius 1 is 1.11 bits per heavy atom. The molecule has 1 heterocycles. The molecular formula is C22H22N2O3S. The highest BCUT2D eigenvalue weighted by atomic mass is 32.1. The van der Waals surface area contributed by atoms with Crippen LogP contribution in [0.3, 0.4) is 0 Å². The molecule has 1 N–H and O–H groups in total. The maximum Gasteiger partial charge on any atom is 0.244 e. The molecule has 0 saturated heterocycles. The minimum Gasteiger partial charge on any atom is -0.493 e. The molecule has 0 bridgehead atoms. The molecule has 0 aliphatic heterocycles. The summed E-state index contributed by atoms with van der Waals surface area (Å²) in [6, 6.07) is 15.7. The fourth-order valence-electron chi connectivity index (χ4n) is 2.65. The number of hydrogen-bond acceptors (Lipinski definition) is 5. The number of ether oxygens (including phenoxy) is 2. The van der Waals surface area contributed by atoms with E-state index in [2.05, 4.69) is 22.4 Å². The third kappa shape index (κ3) is 5.44. The predicted molar refractivity (Wildman–Crippen MR) is 112 cm³/mol. The lowest BCUT2D eigenvalue weighted by Crippen LogP contribution is -2.20. The molecule has 3 rings (SSSR count). The second kappa shape index (κ2) is 9.71. The van der Waals surface area contributed by atoms with Crippen molar-refractivity contribution < 1.29 is 14.3 Å². The summed E-state index contributed by atoms with van der Waals surface area (Å²) in [7, 11) is 3.17. The molecule has 3 aromatic rings. The van der Waals surface area contributed by atoms with Gasteiger partial charge < -0.3 is 14.8 Å². The number of aromatic nitrogens is 1. The highest BCUT2D eigenvalue weighted by Gasteiger charge is 2.05. The Labute approximate surface area is 168 Å². The van der Waals surface area contributed by atoms with Crippen LogP contribution in [-0.2, 0) is 17.8 Å². The first-order valence-corrected chi connectivity index (χ1v) is 9.71. The number of thiazole rings is 1. The molecule has 0 fully saturated rings. The van der Waals surface area contributed by atoms with Crippen molar-refractivity contribution >= 4 is 23.3 Å². The van der Waals surface area contributed by atoms with Crippen LogP contribution in [0, 0.1) is 0 Å². The zero-order valence-electron chi connectivity index (χ0n) is 15.8. The van der Waals surface area contributed by atoms with Crippen LogP contribution in [0.2, 0.25) is 0 Å². The topological polar surface area (TPSA) is 60.5 Å². The number of methoxy groups -OCH3 is 2. The SMILES string of the molecule is COc1ccc(/C=C/C(=O)NCc2csc(Cc3ccccc3)n2)cc1OC. The first-order valence-electron chi connectivity index (χ1n) is 8.83. The van der Waals surface area contributed by atoms with Gasteiger partial charge in [0.25, 0.3) is 0 Å². The van der Waals surface area contributed by atoms with Gasteiger partial charge in [-0.2, -0.15) is 0 Å². The minimum atomic E-state index is -0.174. The average molecular weight is 394 g/mol. The Kier molecular flexibility index (Phi) is 6.81. The number of rotatable bonds is 8. The van der Waals surface area contributed by atoms with Crippen LogP contribution in [0.1, 0.15) is 21.8 Å². The van der Waals surface area contributed by atoms with Gasteiger partial charge in [0, 0.05) is 17.9 Å². The summed E-state index contributed by atoms with van der Waals surface area (Å²) in [5.74, 6) is 1.10. The van der Waals surface area contributed by atoms with Crippen LogP contribution in [0.5, 0.6) is 11.5 Å². The Bertz CT molecular complexity index is 951. The van der Waals surface area contributed by atoms with Crippen molar-refractivity contribution in [1.82, 2.24) is 10.3 Å². The van der Waals surface area contributed by atoms with Gasteiger partial charge >= 0.3 is 0 Å². The Hall–Kier alpha value is -3.12. The van der Waals surface area contributed by atoms with Crippen molar-refractivity contribution in [1.29, 1.82) is 0 Å². The van der Waals surface area contributed by atoms with Gasteiger partial charge in [-0.25, -0.2) is 4.98 Å². The van der Waals surface area contributed by atoms with Crippen molar-refractivity contribution in [2.45, 2.75) is 13.0 Å². The van der Waals surface area contributed by atoms with Crippen molar-refractivity contribution in [3.8, 4) is 11.5 Å². The molecule has 0 unspecified atom stereocenters. The van der Waals surface area contributed by atoms with E-state index in [0.29, 0.717) is 18.0 Å². The maximum absolute atomic E-state index is 12.1. The fourth-order valence-corrected chi connectivity index (χ4v) is 3.47. The monoisotopic (exact) mass is 394 g/mol. The summed E-state index contributed by atoms with van der Waals surface area (Å²) in [6.45, 7) is 0.403. The third-order valence-corrected chi connectivity index (χ3v) is 4.97. The van der Waals surface area contributed by atoms with E-state index in [9.17, 15) is 4.79 Å². The molecule has 1 aromatic heterocycles. The maximum atomic E-state index is 12.1. The molecule has 0 atom stereocenters. The van der Waals surface area contributed by atoms with Crippen LogP contribution in [0.25, 0.3) is 6.08 Å². The van der Waals surface area contributed by atoms with Crippen molar-refractivity contribution in [2.24, 2.45) is 0 Å². The molecule has 0 aliphatic carbocycles. The Morgan fingerprint density at radius 2 is 1.89 bits per heavy atom. The molecule has 5 nitrogen and oxygen atoms in total. The minimum absolute atomic E-state index is 0.174. The fraction of sp³-hybridized carbons (Fsp3) is 0.182. The smallest absolute Gasteiger partial charge is 0.244 e. The molecule has 0 radical (unpaired) electrons. The van der Waals surface area contributed by atoms with Crippen molar-refractivity contribution in [3.05, 3.63) is 81.8 Å². The normalized spacial score (nSPS) is 10.8. The van der Waals surface area contributed by atoms with Gasteiger partial charge in [0.1, 0.15) is 0 Å². The van der Waals surface area contributed by atoms with Crippen molar-refractivity contribution in [3.63, 3.8) is 0 Å². The standard InChI is InChI=1S/C22H22N2O3S/c1-26-19-10-8-17(12-20(19)27-2)9-11-21(25)23-14-18-15-28-22(24-18)13-16-6-4-3-5-7-16/h3-12,15H,13-14H2,1-2H3,(H,23,25)/b11-9+. The molecular weight excluding hydrogens is 372 g/mol. The quantitative estimate of drug-likeness (QED) is 0.585. The summed E-state index contributed by atoms with van der Waals surface area (Å²) >= 11 is 1.61. The van der Waals surface area contributed by atoms with Gasteiger partial charge in [0.05, 0.1) is 31.5 Å². The van der Waals surface area contributed by atoms with Gasteiger partial charge in [-0.3, -0.25) is 4.79 Å². The first kappa shape index (κ1) is 19.6. The second-order valence-corrected chi connectivity index (χ2v) is 7.00. The Morgan fingerprint density at radius 3 is 2.64 bits per heavy atom. The largest absolute Gasteiger partial charge is 0.493 e. The first-order chi connectivity index (χ1) is 13.7. The van der Waals surface area contributed by atoms with Crippen LogP contribution in [0.4, 0.5) is 0 Å². The molecule has 0 aliphatic rings. The van der Waals surface area contributed by atoms with Crippen LogP contribution < -0.4 is 14.8 Å². The van der Waals surface area contributed by atoms with E-state index in [1.807, 2.05) is 35.7 Å². The van der Waals surface area contributed by atoms with Crippen molar-refractivity contribution in [2.75, 3.05) is 14.2 Å². The molecule has 28 heavy (non-hydrogen) atoms. The third-order valence-electron chi connectivity index (χ3n) is 4.08. The average Bonchev–Trinajstić information content (AvgIpc) is 3.18. The van der Waals surface area contributed by atoms with E-state index in [-0.39, 0.29) is 5.91 Å². The van der Waals surface area contributed by atoms with E-state index in [1.54, 1.807) is 37.7 Å². The van der Waals surface area contributed by atoms with Crippen LogP contribution in [0.15, 0.2) is 60.0 Å². The molecule has 144 valence electrons. The number of nitrogens with zero attached hydrogens (tertiary/aromatic N) is 1. The number of carbonyl (C=O) groups excluding carboxylic acids is 1. The summed E-state index contributed by atoms with van der Waals surface area (Å²) < 4.78 is 10.5. The van der Waals surface area contributed by atoms with Gasteiger partial charge in [0.2, 0.25) is 5.91 Å². The number of hydrogen-bond donors (Lipinski definition) is 1. The van der Waals surface area contributed by atoms with Gasteiger partial charge in [-0.05, 0) is 29.3 Å². The zero-order valence-corrected chi connectivity index (χ0v) is 16.7. The lowest BCUT2D eigenvalue weighted by Gasteiger charge is -2.07. The zero-order chi connectivity index (χ0) is 19.8. The van der Waals surface area contributed by atoms with Gasteiger partial charge in [-0.1, -0.05) is 36.4 Å². The van der Waals surface area contributed by atoms with Gasteiger partial charge in [-0.15, -0.1) is 11.3 Å². The predicted octanol–water partition coefficient (Wildman–Crippen LogP) is 4.08. The number of carbonyl (C=O) groups is 1. The van der Waals surface area contributed by atoms with Crippen LogP contribution in [-0.4, -0.2) is 25.1 Å². The molecule has 0 saturated carbocycles. The summed E-state index contributed by atoms with van der Waals surface area (Å²) in [5, 5.41) is 5.88. The second-order valence-electron chi connectivity index (χ2n) is 6.06. The van der Waals surface area contributed by atoms with Crippen LogP contribution >= 0.6 is 11.3 Å². The summed E-state index contributed by atoms with van der Waals surface area (Å²) in [5.41, 5.74) is 2.95. The van der Waals surface area contributed by atoms with Gasteiger partial charge in [0.15, 0.2) is 11.5 Å². The number of amides is 1. The highest BCUT2D eigenvalue weighted by Crippen LogP contribution is 2.27. The number of benzene rings is 2. The van der Waals surface area contributed by atoms with E-state index in [1.165, 1.54) is 11.6 Å². The Balaban J connectivity index is 1.52. The van der Waals surface area contributed by atoms with E-state index in [0.717, 1.165) is 22.7 Å².